The monoisotopic (exact) mass is 363 g/mol. The van der Waals surface area contributed by atoms with Crippen molar-refractivity contribution in [1.29, 1.82) is 0 Å². The summed E-state index contributed by atoms with van der Waals surface area (Å²) in [5.74, 6) is 0.0697. The van der Waals surface area contributed by atoms with Crippen LogP contribution in [-0.4, -0.2) is 29.8 Å². The summed E-state index contributed by atoms with van der Waals surface area (Å²) < 4.78 is 0. The number of anilines is 1. The first-order valence-corrected chi connectivity index (χ1v) is 9.78. The minimum absolute atomic E-state index is 0.0669. The summed E-state index contributed by atoms with van der Waals surface area (Å²) in [5, 5.41) is 3.60. The highest BCUT2D eigenvalue weighted by Gasteiger charge is 2.20. The number of carbonyl (C=O) groups excluding carboxylic acids is 2. The lowest BCUT2D eigenvalue weighted by Crippen LogP contribution is -2.38. The summed E-state index contributed by atoms with van der Waals surface area (Å²) in [6, 6.07) is 0. The van der Waals surface area contributed by atoms with Crippen LogP contribution in [0.5, 0.6) is 0 Å². The SMILES string of the molecule is C=C1CCCCCN(c2ncc(C(=O)CCC(C)(C)C)s2)CC(=O)N1. The summed E-state index contributed by atoms with van der Waals surface area (Å²) in [5.41, 5.74) is 0.924. The van der Waals surface area contributed by atoms with Gasteiger partial charge in [-0.2, -0.15) is 0 Å². The number of thiazole rings is 1. The quantitative estimate of drug-likeness (QED) is 0.816. The van der Waals surface area contributed by atoms with E-state index in [1.165, 1.54) is 11.3 Å². The third kappa shape index (κ3) is 6.61. The van der Waals surface area contributed by atoms with Crippen molar-refractivity contribution in [3.8, 4) is 0 Å². The topological polar surface area (TPSA) is 62.3 Å². The Morgan fingerprint density at radius 1 is 1.36 bits per heavy atom. The Hall–Kier alpha value is -1.69. The normalized spacial score (nSPS) is 17.3. The van der Waals surface area contributed by atoms with Gasteiger partial charge in [0.2, 0.25) is 5.91 Å². The average molecular weight is 364 g/mol. The third-order valence-electron chi connectivity index (χ3n) is 4.20. The molecule has 0 aliphatic carbocycles. The second-order valence-corrected chi connectivity index (χ2v) is 8.88. The van der Waals surface area contributed by atoms with Gasteiger partial charge in [-0.3, -0.25) is 9.59 Å². The van der Waals surface area contributed by atoms with Gasteiger partial charge in [0.25, 0.3) is 0 Å². The maximum atomic E-state index is 12.4. The Kier molecular flexibility index (Phi) is 6.76. The molecular weight excluding hydrogens is 334 g/mol. The smallest absolute Gasteiger partial charge is 0.243 e. The molecule has 1 aliphatic rings. The predicted octanol–water partition coefficient (Wildman–Crippen LogP) is 4.16. The maximum Gasteiger partial charge on any atom is 0.243 e. The zero-order valence-electron chi connectivity index (χ0n) is 15.6. The standard InChI is InChI=1S/C19H29N3O2S/c1-14-8-6-5-7-11-22(13-17(24)21-14)18-20-12-16(25-18)15(23)9-10-19(2,3)4/h12H,1,5-11,13H2,2-4H3,(H,21,24). The minimum atomic E-state index is -0.0669. The van der Waals surface area contributed by atoms with Crippen molar-refractivity contribution in [2.24, 2.45) is 5.41 Å². The second-order valence-electron chi connectivity index (χ2n) is 7.87. The zero-order valence-corrected chi connectivity index (χ0v) is 16.4. The molecule has 138 valence electrons. The molecule has 6 heteroatoms. The van der Waals surface area contributed by atoms with E-state index < -0.39 is 0 Å². The molecule has 0 aromatic carbocycles. The Bertz CT molecular complexity index is 631. The minimum Gasteiger partial charge on any atom is -0.339 e. The number of nitrogens with zero attached hydrogens (tertiary/aromatic N) is 2. The molecule has 0 bridgehead atoms. The summed E-state index contributed by atoms with van der Waals surface area (Å²) in [6.07, 6.45) is 7.01. The summed E-state index contributed by atoms with van der Waals surface area (Å²) in [4.78, 5) is 31.6. The molecule has 1 saturated heterocycles. The fourth-order valence-electron chi connectivity index (χ4n) is 2.68. The summed E-state index contributed by atoms with van der Waals surface area (Å²) in [6.45, 7) is 11.3. The molecule has 1 fully saturated rings. The maximum absolute atomic E-state index is 12.4. The van der Waals surface area contributed by atoms with Gasteiger partial charge in [-0.15, -0.1) is 0 Å². The Labute approximate surface area is 154 Å². The Balaban J connectivity index is 2.03. The van der Waals surface area contributed by atoms with Gasteiger partial charge in [0.1, 0.15) is 0 Å². The van der Waals surface area contributed by atoms with E-state index in [0.717, 1.165) is 49.5 Å². The van der Waals surface area contributed by atoms with Gasteiger partial charge in [-0.1, -0.05) is 45.1 Å². The number of hydrogen-bond donors (Lipinski definition) is 1. The van der Waals surface area contributed by atoms with Crippen LogP contribution in [0.1, 0.15) is 69.0 Å². The van der Waals surface area contributed by atoms with Crippen LogP contribution in [0, 0.1) is 5.41 Å². The van der Waals surface area contributed by atoms with Crippen molar-refractivity contribution in [2.45, 2.75) is 59.3 Å². The van der Waals surface area contributed by atoms with Crippen LogP contribution in [-0.2, 0) is 4.79 Å². The number of aromatic nitrogens is 1. The highest BCUT2D eigenvalue weighted by Crippen LogP contribution is 2.27. The summed E-state index contributed by atoms with van der Waals surface area (Å²) in [7, 11) is 0. The molecule has 0 saturated carbocycles. The van der Waals surface area contributed by atoms with Crippen LogP contribution in [0.2, 0.25) is 0 Å². The molecule has 1 aliphatic heterocycles. The molecule has 1 amide bonds. The van der Waals surface area contributed by atoms with Gasteiger partial charge in [0, 0.05) is 18.7 Å². The number of allylic oxidation sites excluding steroid dienone is 1. The number of ketones is 1. The van der Waals surface area contributed by atoms with Gasteiger partial charge in [0.05, 0.1) is 17.6 Å². The van der Waals surface area contributed by atoms with Crippen LogP contribution in [0.3, 0.4) is 0 Å². The van der Waals surface area contributed by atoms with Crippen molar-refractivity contribution in [2.75, 3.05) is 18.0 Å². The largest absolute Gasteiger partial charge is 0.339 e. The molecule has 5 nitrogen and oxygen atoms in total. The Morgan fingerprint density at radius 2 is 2.12 bits per heavy atom. The van der Waals surface area contributed by atoms with Crippen molar-refractivity contribution in [3.05, 3.63) is 23.3 Å². The number of rotatable bonds is 4. The van der Waals surface area contributed by atoms with Crippen LogP contribution < -0.4 is 10.2 Å². The van der Waals surface area contributed by atoms with E-state index in [0.29, 0.717) is 11.3 Å². The first-order chi connectivity index (χ1) is 11.7. The van der Waals surface area contributed by atoms with Crippen molar-refractivity contribution < 1.29 is 9.59 Å². The fraction of sp³-hybridized carbons (Fsp3) is 0.632. The predicted molar refractivity (Wildman–Crippen MR) is 103 cm³/mol. The van der Waals surface area contributed by atoms with Gasteiger partial charge < -0.3 is 10.2 Å². The summed E-state index contributed by atoms with van der Waals surface area (Å²) >= 11 is 1.39. The molecular formula is C19H29N3O2S. The Morgan fingerprint density at radius 3 is 2.84 bits per heavy atom. The molecule has 2 heterocycles. The molecule has 0 radical (unpaired) electrons. The van der Waals surface area contributed by atoms with Crippen molar-refractivity contribution >= 4 is 28.2 Å². The number of amides is 1. The number of nitrogens with one attached hydrogen (secondary N) is 1. The van der Waals surface area contributed by atoms with Crippen LogP contribution in [0.25, 0.3) is 0 Å². The van der Waals surface area contributed by atoms with Gasteiger partial charge in [0.15, 0.2) is 10.9 Å². The fourth-order valence-corrected chi connectivity index (χ4v) is 3.59. The molecule has 0 spiro atoms. The van der Waals surface area contributed by atoms with Crippen molar-refractivity contribution in [3.63, 3.8) is 0 Å². The zero-order chi connectivity index (χ0) is 18.4. The third-order valence-corrected chi connectivity index (χ3v) is 5.30. The lowest BCUT2D eigenvalue weighted by atomic mass is 9.89. The van der Waals surface area contributed by atoms with Gasteiger partial charge in [-0.25, -0.2) is 4.98 Å². The lowest BCUT2D eigenvalue weighted by Gasteiger charge is -2.23. The highest BCUT2D eigenvalue weighted by atomic mass is 32.1. The van der Waals surface area contributed by atoms with E-state index in [4.69, 9.17) is 0 Å². The van der Waals surface area contributed by atoms with E-state index >= 15 is 0 Å². The molecule has 1 N–H and O–H groups in total. The highest BCUT2D eigenvalue weighted by molar-refractivity contribution is 7.17. The van der Waals surface area contributed by atoms with Crippen LogP contribution >= 0.6 is 11.3 Å². The first kappa shape index (κ1) is 19.6. The van der Waals surface area contributed by atoms with Crippen molar-refractivity contribution in [1.82, 2.24) is 10.3 Å². The number of hydrogen-bond acceptors (Lipinski definition) is 5. The molecule has 1 aromatic rings. The first-order valence-electron chi connectivity index (χ1n) is 8.96. The molecule has 25 heavy (non-hydrogen) atoms. The van der Waals surface area contributed by atoms with E-state index in [2.05, 4.69) is 37.7 Å². The van der Waals surface area contributed by atoms with E-state index in [1.807, 2.05) is 4.90 Å². The molecule has 2 rings (SSSR count). The molecule has 0 atom stereocenters. The van der Waals surface area contributed by atoms with Crippen LogP contribution in [0.15, 0.2) is 18.5 Å². The average Bonchev–Trinajstić information content (AvgIpc) is 3.00. The number of Topliss-reactive ketones (excluding diaryl/α,β-unsaturated/α-hetero) is 1. The van der Waals surface area contributed by atoms with Crippen LogP contribution in [0.4, 0.5) is 5.13 Å². The second kappa shape index (κ2) is 8.61. The van der Waals surface area contributed by atoms with Gasteiger partial charge in [-0.05, 0) is 31.1 Å². The molecule has 0 unspecified atom stereocenters. The van der Waals surface area contributed by atoms with E-state index in [-0.39, 0.29) is 23.7 Å². The van der Waals surface area contributed by atoms with E-state index in [9.17, 15) is 9.59 Å². The van der Waals surface area contributed by atoms with Gasteiger partial charge >= 0.3 is 0 Å². The molecule has 1 aromatic heterocycles. The lowest BCUT2D eigenvalue weighted by molar-refractivity contribution is -0.119. The number of carbonyl (C=O) groups is 2. The van der Waals surface area contributed by atoms with E-state index in [1.54, 1.807) is 6.20 Å².